The molecule has 4 heteroatoms. The average Bonchev–Trinajstić information content (AvgIpc) is 2.27. The summed E-state index contributed by atoms with van der Waals surface area (Å²) >= 11 is 0. The second-order valence-electron chi connectivity index (χ2n) is 5.04. The van der Waals surface area contributed by atoms with Crippen LogP contribution in [0, 0.1) is 0 Å². The van der Waals surface area contributed by atoms with Gasteiger partial charge in [0.15, 0.2) is 0 Å². The minimum absolute atomic E-state index is 0.260. The molecule has 0 bridgehead atoms. The standard InChI is InChI=1S/C12H27N3O/c1-14(2)12-4-7-15(8-5-12)10-11(13)6-9-16-3/h11-12H,4-10,13H2,1-3H3. The first-order valence-corrected chi connectivity index (χ1v) is 6.26. The maximum atomic E-state index is 6.05. The highest BCUT2D eigenvalue weighted by Gasteiger charge is 2.21. The fourth-order valence-electron chi connectivity index (χ4n) is 2.31. The molecule has 0 saturated carbocycles. The summed E-state index contributed by atoms with van der Waals surface area (Å²) in [6.07, 6.45) is 3.50. The average molecular weight is 229 g/mol. The lowest BCUT2D eigenvalue weighted by Gasteiger charge is -2.36. The molecule has 16 heavy (non-hydrogen) atoms. The second-order valence-corrected chi connectivity index (χ2v) is 5.04. The van der Waals surface area contributed by atoms with Crippen molar-refractivity contribution in [1.82, 2.24) is 9.80 Å². The zero-order valence-corrected chi connectivity index (χ0v) is 11.0. The van der Waals surface area contributed by atoms with Crippen LogP contribution in [0.4, 0.5) is 0 Å². The maximum Gasteiger partial charge on any atom is 0.0477 e. The number of ether oxygens (including phenoxy) is 1. The van der Waals surface area contributed by atoms with Crippen LogP contribution < -0.4 is 5.73 Å². The summed E-state index contributed by atoms with van der Waals surface area (Å²) in [4.78, 5) is 4.82. The summed E-state index contributed by atoms with van der Waals surface area (Å²) in [5.41, 5.74) is 6.05. The molecule has 1 aliphatic rings. The number of hydrogen-bond donors (Lipinski definition) is 1. The molecule has 0 radical (unpaired) electrons. The fraction of sp³-hybridized carbons (Fsp3) is 1.00. The van der Waals surface area contributed by atoms with Crippen molar-refractivity contribution in [2.24, 2.45) is 5.73 Å². The third-order valence-electron chi connectivity index (χ3n) is 3.47. The van der Waals surface area contributed by atoms with Crippen molar-refractivity contribution in [3.63, 3.8) is 0 Å². The molecule has 0 aromatic rings. The van der Waals surface area contributed by atoms with E-state index in [0.717, 1.165) is 25.6 Å². The van der Waals surface area contributed by atoms with Crippen LogP contribution in [-0.4, -0.2) is 69.3 Å². The van der Waals surface area contributed by atoms with E-state index in [4.69, 9.17) is 10.5 Å². The van der Waals surface area contributed by atoms with Crippen LogP contribution in [0.15, 0.2) is 0 Å². The quantitative estimate of drug-likeness (QED) is 0.715. The van der Waals surface area contributed by atoms with Crippen LogP contribution in [0.25, 0.3) is 0 Å². The van der Waals surface area contributed by atoms with Crippen molar-refractivity contribution in [3.05, 3.63) is 0 Å². The molecule has 0 amide bonds. The first-order valence-electron chi connectivity index (χ1n) is 6.26. The number of methoxy groups -OCH3 is 1. The second kappa shape index (κ2) is 7.22. The summed E-state index contributed by atoms with van der Waals surface area (Å²) in [5.74, 6) is 0. The normalized spacial score (nSPS) is 21.6. The van der Waals surface area contributed by atoms with Crippen LogP contribution in [0.2, 0.25) is 0 Å². The minimum Gasteiger partial charge on any atom is -0.385 e. The zero-order valence-electron chi connectivity index (χ0n) is 11.0. The number of rotatable bonds is 6. The van der Waals surface area contributed by atoms with Gasteiger partial charge in [0, 0.05) is 32.3 Å². The zero-order chi connectivity index (χ0) is 12.0. The Bertz CT molecular complexity index is 179. The van der Waals surface area contributed by atoms with E-state index in [9.17, 15) is 0 Å². The van der Waals surface area contributed by atoms with Gasteiger partial charge in [-0.2, -0.15) is 0 Å². The van der Waals surface area contributed by atoms with Crippen molar-refractivity contribution in [2.45, 2.75) is 31.3 Å². The van der Waals surface area contributed by atoms with Crippen LogP contribution in [0.3, 0.4) is 0 Å². The molecular formula is C12H27N3O. The van der Waals surface area contributed by atoms with E-state index in [2.05, 4.69) is 23.9 Å². The summed E-state index contributed by atoms with van der Waals surface area (Å²) in [7, 11) is 6.07. The molecule has 4 nitrogen and oxygen atoms in total. The van der Waals surface area contributed by atoms with Gasteiger partial charge >= 0.3 is 0 Å². The molecule has 0 aromatic heterocycles. The van der Waals surface area contributed by atoms with Gasteiger partial charge in [-0.15, -0.1) is 0 Å². The lowest BCUT2D eigenvalue weighted by Crippen LogP contribution is -2.46. The molecule has 0 spiro atoms. The fourth-order valence-corrected chi connectivity index (χ4v) is 2.31. The predicted molar refractivity (Wildman–Crippen MR) is 67.6 cm³/mol. The van der Waals surface area contributed by atoms with Crippen LogP contribution >= 0.6 is 0 Å². The Morgan fingerprint density at radius 3 is 2.50 bits per heavy atom. The highest BCUT2D eigenvalue weighted by molar-refractivity contribution is 4.79. The van der Waals surface area contributed by atoms with Gasteiger partial charge in [0.2, 0.25) is 0 Å². The molecule has 1 aliphatic heterocycles. The van der Waals surface area contributed by atoms with E-state index in [1.807, 2.05) is 0 Å². The molecule has 1 rings (SSSR count). The number of nitrogens with two attached hydrogens (primary N) is 1. The van der Waals surface area contributed by atoms with Gasteiger partial charge in [0.05, 0.1) is 0 Å². The molecule has 1 atom stereocenters. The third-order valence-corrected chi connectivity index (χ3v) is 3.47. The monoisotopic (exact) mass is 229 g/mol. The smallest absolute Gasteiger partial charge is 0.0477 e. The lowest BCUT2D eigenvalue weighted by molar-refractivity contribution is 0.130. The molecule has 0 aromatic carbocycles. The SMILES string of the molecule is COCCC(N)CN1CCC(N(C)C)CC1. The Balaban J connectivity index is 2.16. The van der Waals surface area contributed by atoms with Gasteiger partial charge in [0.1, 0.15) is 0 Å². The van der Waals surface area contributed by atoms with E-state index in [1.54, 1.807) is 7.11 Å². The molecule has 96 valence electrons. The van der Waals surface area contributed by atoms with Crippen molar-refractivity contribution < 1.29 is 4.74 Å². The molecule has 1 saturated heterocycles. The van der Waals surface area contributed by atoms with Gasteiger partial charge < -0.3 is 20.3 Å². The summed E-state index contributed by atoms with van der Waals surface area (Å²) in [5, 5.41) is 0. The number of piperidine rings is 1. The summed E-state index contributed by atoms with van der Waals surface area (Å²) < 4.78 is 5.04. The molecule has 0 aliphatic carbocycles. The summed E-state index contributed by atoms with van der Waals surface area (Å²) in [6.45, 7) is 4.16. The first-order chi connectivity index (χ1) is 7.63. The Labute approximate surface area is 99.7 Å². The van der Waals surface area contributed by atoms with Crippen LogP contribution in [0.5, 0.6) is 0 Å². The number of likely N-dealkylation sites (tertiary alicyclic amines) is 1. The van der Waals surface area contributed by atoms with Crippen LogP contribution in [-0.2, 0) is 4.74 Å². The molecule has 1 heterocycles. The highest BCUT2D eigenvalue weighted by atomic mass is 16.5. The van der Waals surface area contributed by atoms with Crippen molar-refractivity contribution in [3.8, 4) is 0 Å². The van der Waals surface area contributed by atoms with Crippen molar-refractivity contribution in [1.29, 1.82) is 0 Å². The number of nitrogens with zero attached hydrogens (tertiary/aromatic N) is 2. The van der Waals surface area contributed by atoms with Gasteiger partial charge in [-0.25, -0.2) is 0 Å². The third kappa shape index (κ3) is 4.78. The Hall–Kier alpha value is -0.160. The van der Waals surface area contributed by atoms with Gasteiger partial charge in [-0.05, 0) is 46.4 Å². The Morgan fingerprint density at radius 1 is 1.38 bits per heavy atom. The largest absolute Gasteiger partial charge is 0.385 e. The van der Waals surface area contributed by atoms with E-state index in [0.29, 0.717) is 0 Å². The molecule has 1 fully saturated rings. The Kier molecular flexibility index (Phi) is 6.28. The van der Waals surface area contributed by atoms with E-state index in [-0.39, 0.29) is 6.04 Å². The van der Waals surface area contributed by atoms with E-state index in [1.165, 1.54) is 25.9 Å². The predicted octanol–water partition coefficient (Wildman–Crippen LogP) is 0.376. The van der Waals surface area contributed by atoms with Crippen molar-refractivity contribution >= 4 is 0 Å². The molecule has 1 unspecified atom stereocenters. The van der Waals surface area contributed by atoms with E-state index < -0.39 is 0 Å². The van der Waals surface area contributed by atoms with Gasteiger partial charge in [-0.3, -0.25) is 0 Å². The topological polar surface area (TPSA) is 41.7 Å². The highest BCUT2D eigenvalue weighted by Crippen LogP contribution is 2.14. The first kappa shape index (κ1) is 13.9. The van der Waals surface area contributed by atoms with Crippen LogP contribution in [0.1, 0.15) is 19.3 Å². The molecule has 2 N–H and O–H groups in total. The van der Waals surface area contributed by atoms with E-state index >= 15 is 0 Å². The molecular weight excluding hydrogens is 202 g/mol. The Morgan fingerprint density at radius 2 is 2.00 bits per heavy atom. The van der Waals surface area contributed by atoms with Gasteiger partial charge in [-0.1, -0.05) is 0 Å². The van der Waals surface area contributed by atoms with Gasteiger partial charge in [0.25, 0.3) is 0 Å². The lowest BCUT2D eigenvalue weighted by atomic mass is 10.0. The van der Waals surface area contributed by atoms with Crippen molar-refractivity contribution in [2.75, 3.05) is 47.4 Å². The maximum absolute atomic E-state index is 6.05. The summed E-state index contributed by atoms with van der Waals surface area (Å²) in [6, 6.07) is 1.02. The minimum atomic E-state index is 0.260. The number of hydrogen-bond acceptors (Lipinski definition) is 4.